The molecule has 0 saturated heterocycles. The van der Waals surface area contributed by atoms with Crippen LogP contribution in [0.25, 0.3) is 5.57 Å². The van der Waals surface area contributed by atoms with Crippen molar-refractivity contribution in [3.05, 3.63) is 76.9 Å². The molecule has 0 nitrogen and oxygen atoms in total. The Morgan fingerprint density at radius 1 is 0.833 bits per heavy atom. The molecule has 0 aliphatic carbocycles. The van der Waals surface area contributed by atoms with Crippen molar-refractivity contribution in [2.45, 2.75) is 27.2 Å². The summed E-state index contributed by atoms with van der Waals surface area (Å²) >= 11 is 0. The average Bonchev–Trinajstić information content (AvgIpc) is 2.38. The van der Waals surface area contributed by atoms with E-state index in [0.29, 0.717) is 0 Å². The normalized spacial score (nSPS) is 11.6. The summed E-state index contributed by atoms with van der Waals surface area (Å²) in [5.41, 5.74) is 6.65. The van der Waals surface area contributed by atoms with Crippen LogP contribution in [0.4, 0.5) is 0 Å². The minimum absolute atomic E-state index is 1.000. The topological polar surface area (TPSA) is 0 Å². The molecule has 0 aliphatic rings. The zero-order chi connectivity index (χ0) is 13.0. The summed E-state index contributed by atoms with van der Waals surface area (Å²) < 4.78 is 0. The molecule has 2 aromatic rings. The molecule has 0 radical (unpaired) electrons. The Balaban J connectivity index is 2.09. The van der Waals surface area contributed by atoms with Gasteiger partial charge in [0.15, 0.2) is 0 Å². The van der Waals surface area contributed by atoms with Crippen LogP contribution in [-0.4, -0.2) is 0 Å². The molecule has 0 amide bonds. The van der Waals surface area contributed by atoms with Gasteiger partial charge in [-0.15, -0.1) is 0 Å². The zero-order valence-corrected chi connectivity index (χ0v) is 11.4. The molecule has 0 aromatic heterocycles. The van der Waals surface area contributed by atoms with Crippen molar-refractivity contribution >= 4 is 5.57 Å². The van der Waals surface area contributed by atoms with E-state index in [-0.39, 0.29) is 0 Å². The molecule has 0 saturated carbocycles. The molecule has 0 N–H and O–H groups in total. The van der Waals surface area contributed by atoms with Gasteiger partial charge >= 0.3 is 0 Å². The molecule has 18 heavy (non-hydrogen) atoms. The monoisotopic (exact) mass is 236 g/mol. The molecular formula is C18H20. The van der Waals surface area contributed by atoms with Gasteiger partial charge in [-0.25, -0.2) is 0 Å². The first kappa shape index (κ1) is 12.6. The highest BCUT2D eigenvalue weighted by atomic mass is 14.0. The molecule has 0 heteroatoms. The van der Waals surface area contributed by atoms with Crippen molar-refractivity contribution in [3.63, 3.8) is 0 Å². The lowest BCUT2D eigenvalue weighted by atomic mass is 10.0. The van der Waals surface area contributed by atoms with E-state index >= 15 is 0 Å². The fourth-order valence-corrected chi connectivity index (χ4v) is 1.93. The maximum absolute atomic E-state index is 2.30. The fourth-order valence-electron chi connectivity index (χ4n) is 1.93. The molecule has 2 rings (SSSR count). The maximum atomic E-state index is 2.30. The molecule has 0 bridgehead atoms. The van der Waals surface area contributed by atoms with Gasteiger partial charge < -0.3 is 0 Å². The number of hydrogen-bond acceptors (Lipinski definition) is 0. The van der Waals surface area contributed by atoms with Gasteiger partial charge in [0, 0.05) is 0 Å². The second-order valence-corrected chi connectivity index (χ2v) is 4.94. The third-order valence-electron chi connectivity index (χ3n) is 3.27. The van der Waals surface area contributed by atoms with Crippen LogP contribution < -0.4 is 0 Å². The molecule has 0 heterocycles. The summed E-state index contributed by atoms with van der Waals surface area (Å²) in [6.07, 6.45) is 3.30. The lowest BCUT2D eigenvalue weighted by Crippen LogP contribution is -1.85. The summed E-state index contributed by atoms with van der Waals surface area (Å²) in [6, 6.07) is 17.5. The first-order chi connectivity index (χ1) is 8.65. The van der Waals surface area contributed by atoms with Crippen molar-refractivity contribution in [1.82, 2.24) is 0 Å². The SMILES string of the molecule is C/C(=C\Cc1ccc(C)cc1)c1ccc(C)cc1. The number of allylic oxidation sites excluding steroid dienone is 2. The number of aryl methyl sites for hydroxylation is 2. The van der Waals surface area contributed by atoms with Crippen molar-refractivity contribution in [3.8, 4) is 0 Å². The largest absolute Gasteiger partial charge is 0.0766 e. The van der Waals surface area contributed by atoms with Crippen LogP contribution in [0.1, 0.15) is 29.2 Å². The van der Waals surface area contributed by atoms with E-state index in [4.69, 9.17) is 0 Å². The van der Waals surface area contributed by atoms with Gasteiger partial charge in [-0.1, -0.05) is 65.7 Å². The smallest absolute Gasteiger partial charge is 0.00915 e. The predicted octanol–water partition coefficient (Wildman–Crippen LogP) is 4.95. The van der Waals surface area contributed by atoms with Gasteiger partial charge in [0.1, 0.15) is 0 Å². The van der Waals surface area contributed by atoms with Crippen LogP contribution in [0.2, 0.25) is 0 Å². The Bertz CT molecular complexity index is 527. The maximum Gasteiger partial charge on any atom is -0.00915 e. The molecule has 92 valence electrons. The lowest BCUT2D eigenvalue weighted by Gasteiger charge is -2.03. The second kappa shape index (κ2) is 5.68. The van der Waals surface area contributed by atoms with Crippen LogP contribution in [0.3, 0.4) is 0 Å². The summed E-state index contributed by atoms with van der Waals surface area (Å²) in [7, 11) is 0. The standard InChI is InChI=1S/C18H20/c1-14-4-9-17(10-5-14)11-8-16(3)18-12-6-15(2)7-13-18/h4-10,12-13H,11H2,1-3H3/b16-8+. The minimum Gasteiger partial charge on any atom is -0.0766 e. The van der Waals surface area contributed by atoms with Crippen molar-refractivity contribution in [2.75, 3.05) is 0 Å². The third-order valence-corrected chi connectivity index (χ3v) is 3.27. The zero-order valence-electron chi connectivity index (χ0n) is 11.4. The predicted molar refractivity (Wildman–Crippen MR) is 79.7 cm³/mol. The molecule has 0 aliphatic heterocycles. The Hall–Kier alpha value is -1.82. The Labute approximate surface area is 110 Å². The molecule has 0 fully saturated rings. The fraction of sp³-hybridized carbons (Fsp3) is 0.222. The minimum atomic E-state index is 1.000. The van der Waals surface area contributed by atoms with Gasteiger partial charge in [-0.2, -0.15) is 0 Å². The van der Waals surface area contributed by atoms with Crippen LogP contribution in [0.5, 0.6) is 0 Å². The van der Waals surface area contributed by atoms with Gasteiger partial charge in [0.25, 0.3) is 0 Å². The van der Waals surface area contributed by atoms with Gasteiger partial charge in [0.05, 0.1) is 0 Å². The van der Waals surface area contributed by atoms with Crippen LogP contribution in [-0.2, 0) is 6.42 Å². The van der Waals surface area contributed by atoms with Crippen molar-refractivity contribution < 1.29 is 0 Å². The van der Waals surface area contributed by atoms with E-state index in [9.17, 15) is 0 Å². The Morgan fingerprint density at radius 2 is 1.33 bits per heavy atom. The van der Waals surface area contributed by atoms with E-state index in [1.54, 1.807) is 0 Å². The average molecular weight is 236 g/mol. The van der Waals surface area contributed by atoms with Crippen LogP contribution in [0.15, 0.2) is 54.6 Å². The lowest BCUT2D eigenvalue weighted by molar-refractivity contribution is 1.25. The van der Waals surface area contributed by atoms with E-state index in [1.807, 2.05) is 0 Å². The third kappa shape index (κ3) is 3.33. The second-order valence-electron chi connectivity index (χ2n) is 4.94. The van der Waals surface area contributed by atoms with Gasteiger partial charge in [-0.05, 0) is 43.9 Å². The highest BCUT2D eigenvalue weighted by Crippen LogP contribution is 2.15. The van der Waals surface area contributed by atoms with Crippen LogP contribution >= 0.6 is 0 Å². The Morgan fingerprint density at radius 3 is 1.89 bits per heavy atom. The van der Waals surface area contributed by atoms with E-state index in [1.165, 1.54) is 27.8 Å². The first-order valence-electron chi connectivity index (χ1n) is 6.44. The number of hydrogen-bond donors (Lipinski definition) is 0. The van der Waals surface area contributed by atoms with Gasteiger partial charge in [0.2, 0.25) is 0 Å². The first-order valence-corrected chi connectivity index (χ1v) is 6.44. The van der Waals surface area contributed by atoms with Crippen molar-refractivity contribution in [2.24, 2.45) is 0 Å². The summed E-state index contributed by atoms with van der Waals surface area (Å²) in [5, 5.41) is 0. The highest BCUT2D eigenvalue weighted by Gasteiger charge is 1.96. The summed E-state index contributed by atoms with van der Waals surface area (Å²) in [5.74, 6) is 0. The van der Waals surface area contributed by atoms with Gasteiger partial charge in [-0.3, -0.25) is 0 Å². The molecular weight excluding hydrogens is 216 g/mol. The van der Waals surface area contributed by atoms with Crippen molar-refractivity contribution in [1.29, 1.82) is 0 Å². The summed E-state index contributed by atoms with van der Waals surface area (Å²) in [4.78, 5) is 0. The quantitative estimate of drug-likeness (QED) is 0.707. The molecule has 2 aromatic carbocycles. The molecule has 0 atom stereocenters. The van der Waals surface area contributed by atoms with E-state index in [0.717, 1.165) is 6.42 Å². The van der Waals surface area contributed by atoms with E-state index in [2.05, 4.69) is 75.4 Å². The number of rotatable bonds is 3. The molecule has 0 unspecified atom stereocenters. The van der Waals surface area contributed by atoms with Crippen LogP contribution in [0, 0.1) is 13.8 Å². The number of benzene rings is 2. The molecule has 0 spiro atoms. The highest BCUT2D eigenvalue weighted by molar-refractivity contribution is 5.64. The summed E-state index contributed by atoms with van der Waals surface area (Å²) in [6.45, 7) is 6.42. The van der Waals surface area contributed by atoms with E-state index < -0.39 is 0 Å². The Kier molecular flexibility index (Phi) is 3.99.